The second-order valence-electron chi connectivity index (χ2n) is 7.32. The first-order chi connectivity index (χ1) is 13.8. The molecule has 6 rings (SSSR count). The lowest BCUT2D eigenvalue weighted by Gasteiger charge is -2.09. The van der Waals surface area contributed by atoms with Crippen LogP contribution in [-0.2, 0) is 0 Å². The van der Waals surface area contributed by atoms with E-state index in [1.165, 1.54) is 49.0 Å². The molecule has 0 N–H and O–H groups in total. The van der Waals surface area contributed by atoms with E-state index >= 15 is 0 Å². The lowest BCUT2D eigenvalue weighted by molar-refractivity contribution is 1.18. The lowest BCUT2D eigenvalue weighted by Crippen LogP contribution is -1.99. The van der Waals surface area contributed by atoms with Gasteiger partial charge in [-0.15, -0.1) is 0 Å². The molecule has 0 saturated carbocycles. The molecular weight excluding hydrogens is 337 g/mol. The molecule has 0 aliphatic rings. The maximum atomic E-state index is 6.01. The van der Waals surface area contributed by atoms with Gasteiger partial charge in [-0.2, -0.15) is 0 Å². The molecule has 128 valence electrons. The molecular formula is C26H16BN. The zero-order chi connectivity index (χ0) is 18.7. The molecule has 0 fully saturated rings. The van der Waals surface area contributed by atoms with Gasteiger partial charge in [-0.1, -0.05) is 72.2 Å². The summed E-state index contributed by atoms with van der Waals surface area (Å²) < 4.78 is 2.36. The average Bonchev–Trinajstić information content (AvgIpc) is 3.06. The molecule has 1 aromatic heterocycles. The summed E-state index contributed by atoms with van der Waals surface area (Å²) in [7, 11) is 6.01. The van der Waals surface area contributed by atoms with Crippen molar-refractivity contribution in [2.24, 2.45) is 0 Å². The van der Waals surface area contributed by atoms with Gasteiger partial charge >= 0.3 is 0 Å². The number of rotatable bonds is 1. The van der Waals surface area contributed by atoms with Crippen molar-refractivity contribution in [2.45, 2.75) is 0 Å². The SMILES string of the molecule is [B]c1ccc2c(ccc3cc4c5ccccc5n(-c5ccccc5)c4cc32)c1. The maximum absolute atomic E-state index is 6.01. The summed E-state index contributed by atoms with van der Waals surface area (Å²) in [5.74, 6) is 0. The molecule has 5 aromatic carbocycles. The standard InChI is InChI=1S/C26H16BN/c27-19-12-13-21-17(14-19)10-11-18-15-24-22-8-4-5-9-25(22)28(26(24)16-23(18)21)20-6-2-1-3-7-20/h1-16H. The van der Waals surface area contributed by atoms with Crippen molar-refractivity contribution in [3.05, 3.63) is 97.1 Å². The summed E-state index contributed by atoms with van der Waals surface area (Å²) in [5.41, 5.74) is 4.43. The Morgan fingerprint density at radius 3 is 2.11 bits per heavy atom. The van der Waals surface area contributed by atoms with E-state index in [0.717, 1.165) is 5.46 Å². The van der Waals surface area contributed by atoms with Crippen LogP contribution < -0.4 is 5.46 Å². The molecule has 0 amide bonds. The average molecular weight is 353 g/mol. The van der Waals surface area contributed by atoms with Crippen LogP contribution in [0.5, 0.6) is 0 Å². The van der Waals surface area contributed by atoms with E-state index < -0.39 is 0 Å². The molecule has 6 aromatic rings. The van der Waals surface area contributed by atoms with Gasteiger partial charge in [0.25, 0.3) is 0 Å². The Hall–Kier alpha value is -3.52. The fourth-order valence-corrected chi connectivity index (χ4v) is 4.40. The molecule has 0 atom stereocenters. The van der Waals surface area contributed by atoms with Crippen LogP contribution in [0.3, 0.4) is 0 Å². The van der Waals surface area contributed by atoms with Crippen molar-refractivity contribution < 1.29 is 0 Å². The van der Waals surface area contributed by atoms with Crippen LogP contribution in [0.15, 0.2) is 97.1 Å². The van der Waals surface area contributed by atoms with Crippen molar-refractivity contribution in [3.63, 3.8) is 0 Å². The molecule has 0 aliphatic heterocycles. The molecule has 1 nitrogen and oxygen atoms in total. The van der Waals surface area contributed by atoms with Crippen molar-refractivity contribution in [1.29, 1.82) is 0 Å². The zero-order valence-electron chi connectivity index (χ0n) is 15.3. The summed E-state index contributed by atoms with van der Waals surface area (Å²) >= 11 is 0. The monoisotopic (exact) mass is 353 g/mol. The lowest BCUT2D eigenvalue weighted by atomic mass is 9.91. The van der Waals surface area contributed by atoms with Gasteiger partial charge in [0.05, 0.1) is 11.0 Å². The number of benzene rings is 5. The van der Waals surface area contributed by atoms with E-state index in [2.05, 4.69) is 89.5 Å². The van der Waals surface area contributed by atoms with Crippen LogP contribution in [0, 0.1) is 0 Å². The Bertz CT molecular complexity index is 1510. The van der Waals surface area contributed by atoms with Gasteiger partial charge in [0.15, 0.2) is 0 Å². The number of hydrogen-bond donors (Lipinski definition) is 0. The van der Waals surface area contributed by atoms with Crippen molar-refractivity contribution in [2.75, 3.05) is 0 Å². The Morgan fingerprint density at radius 1 is 0.500 bits per heavy atom. The summed E-state index contributed by atoms with van der Waals surface area (Å²) in [4.78, 5) is 0. The van der Waals surface area contributed by atoms with Crippen LogP contribution in [-0.4, -0.2) is 12.4 Å². The number of para-hydroxylation sites is 2. The predicted molar refractivity (Wildman–Crippen MR) is 121 cm³/mol. The smallest absolute Gasteiger partial charge is 0.113 e. The third kappa shape index (κ3) is 2.15. The molecule has 0 unspecified atom stereocenters. The van der Waals surface area contributed by atoms with E-state index in [9.17, 15) is 0 Å². The molecule has 0 bridgehead atoms. The second kappa shape index (κ2) is 5.74. The number of aromatic nitrogens is 1. The first-order valence-corrected chi connectivity index (χ1v) is 9.50. The zero-order valence-corrected chi connectivity index (χ0v) is 15.3. The van der Waals surface area contributed by atoms with Gasteiger partial charge in [-0.3, -0.25) is 0 Å². The summed E-state index contributed by atoms with van der Waals surface area (Å²) in [6, 6.07) is 34.4. The minimum Gasteiger partial charge on any atom is -0.309 e. The van der Waals surface area contributed by atoms with E-state index in [-0.39, 0.29) is 0 Å². The normalized spacial score (nSPS) is 11.7. The largest absolute Gasteiger partial charge is 0.309 e. The van der Waals surface area contributed by atoms with Crippen molar-refractivity contribution in [3.8, 4) is 5.69 Å². The predicted octanol–water partition coefficient (Wildman–Crippen LogP) is 5.88. The highest BCUT2D eigenvalue weighted by Crippen LogP contribution is 2.36. The minimum absolute atomic E-state index is 0.798. The topological polar surface area (TPSA) is 4.93 Å². The van der Waals surface area contributed by atoms with Gasteiger partial charge in [0, 0.05) is 16.5 Å². The van der Waals surface area contributed by atoms with Crippen LogP contribution in [0.4, 0.5) is 0 Å². The van der Waals surface area contributed by atoms with Gasteiger partial charge in [-0.25, -0.2) is 0 Å². The summed E-state index contributed by atoms with van der Waals surface area (Å²) in [6.45, 7) is 0. The molecule has 0 aliphatic carbocycles. The first kappa shape index (κ1) is 15.5. The maximum Gasteiger partial charge on any atom is 0.113 e. The third-order valence-corrected chi connectivity index (χ3v) is 5.67. The van der Waals surface area contributed by atoms with Gasteiger partial charge in [0.1, 0.15) is 7.85 Å². The van der Waals surface area contributed by atoms with Crippen molar-refractivity contribution in [1.82, 2.24) is 4.57 Å². The molecule has 2 heteroatoms. The fourth-order valence-electron chi connectivity index (χ4n) is 4.40. The molecule has 1 heterocycles. The second-order valence-corrected chi connectivity index (χ2v) is 7.32. The fraction of sp³-hybridized carbons (Fsp3) is 0. The van der Waals surface area contributed by atoms with E-state index in [1.54, 1.807) is 0 Å². The van der Waals surface area contributed by atoms with Gasteiger partial charge in [-0.05, 0) is 51.9 Å². The molecule has 0 spiro atoms. The quantitative estimate of drug-likeness (QED) is 0.257. The highest BCUT2D eigenvalue weighted by atomic mass is 15.0. The summed E-state index contributed by atoms with van der Waals surface area (Å²) in [6.07, 6.45) is 0. The van der Waals surface area contributed by atoms with Crippen LogP contribution in [0.25, 0.3) is 49.0 Å². The highest BCUT2D eigenvalue weighted by Gasteiger charge is 2.13. The van der Waals surface area contributed by atoms with Crippen LogP contribution in [0.2, 0.25) is 0 Å². The highest BCUT2D eigenvalue weighted by molar-refractivity contribution is 6.33. The van der Waals surface area contributed by atoms with E-state index in [1.807, 2.05) is 12.1 Å². The van der Waals surface area contributed by atoms with Gasteiger partial charge < -0.3 is 4.57 Å². The Balaban J connectivity index is 1.84. The molecule has 0 saturated heterocycles. The van der Waals surface area contributed by atoms with E-state index in [0.29, 0.717) is 0 Å². The number of fused-ring (bicyclic) bond motifs is 6. The molecule has 2 radical (unpaired) electrons. The summed E-state index contributed by atoms with van der Waals surface area (Å²) in [5, 5.41) is 7.47. The van der Waals surface area contributed by atoms with Gasteiger partial charge in [0.2, 0.25) is 0 Å². The van der Waals surface area contributed by atoms with Crippen LogP contribution in [0.1, 0.15) is 0 Å². The molecule has 28 heavy (non-hydrogen) atoms. The van der Waals surface area contributed by atoms with Crippen LogP contribution >= 0.6 is 0 Å². The Kier molecular flexibility index (Phi) is 3.18. The first-order valence-electron chi connectivity index (χ1n) is 9.50. The Labute approximate surface area is 164 Å². The van der Waals surface area contributed by atoms with E-state index in [4.69, 9.17) is 7.85 Å². The Morgan fingerprint density at radius 2 is 1.25 bits per heavy atom. The van der Waals surface area contributed by atoms with Crippen molar-refractivity contribution >= 4 is 56.7 Å². The minimum atomic E-state index is 0.798. The number of nitrogens with zero attached hydrogens (tertiary/aromatic N) is 1. The third-order valence-electron chi connectivity index (χ3n) is 5.67. The number of hydrogen-bond acceptors (Lipinski definition) is 0.